The molecule has 4 aliphatic rings. The number of cyclic esters (lactones) is 1. The van der Waals surface area contributed by atoms with Crippen LogP contribution >= 0.6 is 0 Å². The summed E-state index contributed by atoms with van der Waals surface area (Å²) in [5.74, 6) is 3.29. The molecule has 4 fully saturated rings. The predicted octanol–water partition coefficient (Wildman–Crippen LogP) is 4.57. The third kappa shape index (κ3) is 2.00. The molecule has 0 N–H and O–H groups in total. The van der Waals surface area contributed by atoms with Gasteiger partial charge in [-0.15, -0.1) is 0 Å². The number of esters is 1. The van der Waals surface area contributed by atoms with E-state index in [1.807, 2.05) is 0 Å². The van der Waals surface area contributed by atoms with Crippen LogP contribution in [0.25, 0.3) is 0 Å². The summed E-state index contributed by atoms with van der Waals surface area (Å²) in [5.41, 5.74) is 0.844. The number of hydrogen-bond donors (Lipinski definition) is 0. The van der Waals surface area contributed by atoms with Gasteiger partial charge >= 0.3 is 5.97 Å². The average Bonchev–Trinajstić information content (AvgIpc) is 2.47. The van der Waals surface area contributed by atoms with E-state index in [-0.39, 0.29) is 11.4 Å². The second-order valence-corrected chi connectivity index (χ2v) is 8.96. The van der Waals surface area contributed by atoms with Gasteiger partial charge in [0, 0.05) is 11.8 Å². The summed E-state index contributed by atoms with van der Waals surface area (Å²) in [6.07, 6.45) is 11.9. The summed E-state index contributed by atoms with van der Waals surface area (Å²) in [4.78, 5) is 11.9. The van der Waals surface area contributed by atoms with Crippen LogP contribution in [-0.2, 0) is 9.53 Å². The van der Waals surface area contributed by atoms with Crippen LogP contribution in [0.4, 0.5) is 0 Å². The van der Waals surface area contributed by atoms with Crippen molar-refractivity contribution in [3.8, 4) is 0 Å². The summed E-state index contributed by atoms with van der Waals surface area (Å²) in [7, 11) is 0. The second kappa shape index (κ2) is 4.73. The number of rotatable bonds is 0. The highest BCUT2D eigenvalue weighted by atomic mass is 16.5. The van der Waals surface area contributed by atoms with Crippen LogP contribution in [0.2, 0.25) is 0 Å². The Balaban J connectivity index is 1.64. The van der Waals surface area contributed by atoms with Crippen molar-refractivity contribution in [1.29, 1.82) is 0 Å². The highest BCUT2D eigenvalue weighted by molar-refractivity contribution is 5.70. The summed E-state index contributed by atoms with van der Waals surface area (Å²) in [6.45, 7) is 5.66. The molecule has 4 rings (SSSR count). The summed E-state index contributed by atoms with van der Waals surface area (Å²) in [5, 5.41) is 0. The van der Waals surface area contributed by atoms with Crippen molar-refractivity contribution >= 4 is 5.97 Å². The zero-order valence-electron chi connectivity index (χ0n) is 13.7. The first-order valence-corrected chi connectivity index (χ1v) is 9.19. The third-order valence-corrected chi connectivity index (χ3v) is 8.05. The van der Waals surface area contributed by atoms with Crippen LogP contribution in [0, 0.1) is 34.5 Å². The molecule has 2 nitrogen and oxygen atoms in total. The van der Waals surface area contributed by atoms with Gasteiger partial charge in [-0.3, -0.25) is 4.79 Å². The normalized spacial score (nSPS) is 53.1. The average molecular weight is 290 g/mol. The van der Waals surface area contributed by atoms with Gasteiger partial charge in [0.1, 0.15) is 0 Å². The zero-order chi connectivity index (χ0) is 14.7. The van der Waals surface area contributed by atoms with Gasteiger partial charge in [-0.25, -0.2) is 0 Å². The number of ether oxygens (including phenoxy) is 1. The Bertz CT molecular complexity index is 445. The van der Waals surface area contributed by atoms with Crippen LogP contribution in [0.3, 0.4) is 0 Å². The third-order valence-electron chi connectivity index (χ3n) is 8.05. The molecule has 2 heteroatoms. The van der Waals surface area contributed by atoms with Gasteiger partial charge in [-0.2, -0.15) is 0 Å². The Morgan fingerprint density at radius 1 is 1.00 bits per heavy atom. The van der Waals surface area contributed by atoms with Gasteiger partial charge in [0.2, 0.25) is 0 Å². The molecule has 6 atom stereocenters. The van der Waals surface area contributed by atoms with Crippen molar-refractivity contribution in [3.63, 3.8) is 0 Å². The molecule has 1 heterocycles. The number of fused-ring (bicyclic) bond motifs is 5. The van der Waals surface area contributed by atoms with E-state index in [2.05, 4.69) is 13.8 Å². The van der Waals surface area contributed by atoms with E-state index >= 15 is 0 Å². The van der Waals surface area contributed by atoms with Crippen LogP contribution in [0.15, 0.2) is 0 Å². The maximum Gasteiger partial charge on any atom is 0.306 e. The largest absolute Gasteiger partial charge is 0.465 e. The molecule has 0 aromatic rings. The maximum atomic E-state index is 11.9. The molecule has 0 aromatic carbocycles. The van der Waals surface area contributed by atoms with Crippen LogP contribution in [0.5, 0.6) is 0 Å². The molecule has 118 valence electrons. The molecule has 3 aliphatic carbocycles. The van der Waals surface area contributed by atoms with Crippen molar-refractivity contribution in [2.75, 3.05) is 6.61 Å². The van der Waals surface area contributed by atoms with Gasteiger partial charge in [-0.1, -0.05) is 26.7 Å². The SMILES string of the molecule is CC12CCC3C(CCC4CCCCC43C)C1CC(=O)OC2. The maximum absolute atomic E-state index is 11.9. The lowest BCUT2D eigenvalue weighted by Crippen LogP contribution is -2.56. The molecule has 21 heavy (non-hydrogen) atoms. The molecule has 6 unspecified atom stereocenters. The summed E-state index contributed by atoms with van der Waals surface area (Å²) < 4.78 is 5.42. The smallest absolute Gasteiger partial charge is 0.306 e. The van der Waals surface area contributed by atoms with E-state index in [4.69, 9.17) is 4.74 Å². The van der Waals surface area contributed by atoms with Gasteiger partial charge in [0.15, 0.2) is 0 Å². The quantitative estimate of drug-likeness (QED) is 0.611. The minimum Gasteiger partial charge on any atom is -0.465 e. The van der Waals surface area contributed by atoms with Gasteiger partial charge < -0.3 is 4.74 Å². The molecule has 0 amide bonds. The van der Waals surface area contributed by atoms with E-state index in [1.54, 1.807) is 0 Å². The molecule has 1 saturated heterocycles. The number of carbonyl (C=O) groups excluding carboxylic acids is 1. The fourth-order valence-corrected chi connectivity index (χ4v) is 6.75. The Morgan fingerprint density at radius 3 is 2.71 bits per heavy atom. The monoisotopic (exact) mass is 290 g/mol. The van der Waals surface area contributed by atoms with Crippen molar-refractivity contribution in [3.05, 3.63) is 0 Å². The topological polar surface area (TPSA) is 26.3 Å². The van der Waals surface area contributed by atoms with Crippen molar-refractivity contribution < 1.29 is 9.53 Å². The molecule has 0 spiro atoms. The van der Waals surface area contributed by atoms with E-state index in [9.17, 15) is 4.79 Å². The van der Waals surface area contributed by atoms with E-state index < -0.39 is 0 Å². The molecule has 0 radical (unpaired) electrons. The predicted molar refractivity (Wildman–Crippen MR) is 82.7 cm³/mol. The van der Waals surface area contributed by atoms with E-state index in [1.165, 1.54) is 51.4 Å². The van der Waals surface area contributed by atoms with Crippen LogP contribution in [0.1, 0.15) is 71.6 Å². The second-order valence-electron chi connectivity index (χ2n) is 8.96. The first-order chi connectivity index (χ1) is 10.0. The highest BCUT2D eigenvalue weighted by Crippen LogP contribution is 2.64. The Kier molecular flexibility index (Phi) is 3.17. The minimum absolute atomic E-state index is 0.0639. The Morgan fingerprint density at radius 2 is 1.86 bits per heavy atom. The van der Waals surface area contributed by atoms with Crippen molar-refractivity contribution in [2.45, 2.75) is 71.6 Å². The highest BCUT2D eigenvalue weighted by Gasteiger charge is 2.57. The first kappa shape index (κ1) is 14.1. The number of carbonyl (C=O) groups is 1. The lowest BCUT2D eigenvalue weighted by molar-refractivity contribution is -0.180. The van der Waals surface area contributed by atoms with E-state index in [0.29, 0.717) is 24.4 Å². The lowest BCUT2D eigenvalue weighted by atomic mass is 9.44. The molecule has 3 saturated carbocycles. The lowest BCUT2D eigenvalue weighted by Gasteiger charge is -2.61. The van der Waals surface area contributed by atoms with Crippen LogP contribution in [-0.4, -0.2) is 12.6 Å². The van der Waals surface area contributed by atoms with Crippen molar-refractivity contribution in [2.24, 2.45) is 34.5 Å². The first-order valence-electron chi connectivity index (χ1n) is 9.19. The Labute approximate surface area is 129 Å². The standard InChI is InChI=1S/C19H30O2/c1-18-10-8-15-14(16(18)11-17(20)21-12-18)7-6-13-5-3-4-9-19(13,15)2/h13-16H,3-12H2,1-2H3. The van der Waals surface area contributed by atoms with Gasteiger partial charge in [0.05, 0.1) is 6.61 Å². The van der Waals surface area contributed by atoms with Crippen LogP contribution < -0.4 is 0 Å². The fourth-order valence-electron chi connectivity index (χ4n) is 6.75. The summed E-state index contributed by atoms with van der Waals surface area (Å²) >= 11 is 0. The molecule has 0 bridgehead atoms. The molecular formula is C19H30O2. The van der Waals surface area contributed by atoms with Crippen molar-refractivity contribution in [1.82, 2.24) is 0 Å². The van der Waals surface area contributed by atoms with Gasteiger partial charge in [-0.05, 0) is 67.6 Å². The Hall–Kier alpha value is -0.530. The van der Waals surface area contributed by atoms with Gasteiger partial charge in [0.25, 0.3) is 0 Å². The number of hydrogen-bond acceptors (Lipinski definition) is 2. The molecular weight excluding hydrogens is 260 g/mol. The minimum atomic E-state index is 0.0639. The summed E-state index contributed by atoms with van der Waals surface area (Å²) in [6, 6.07) is 0. The molecule has 0 aromatic heterocycles. The zero-order valence-corrected chi connectivity index (χ0v) is 13.7. The van der Waals surface area contributed by atoms with E-state index in [0.717, 1.165) is 17.8 Å². The molecule has 1 aliphatic heterocycles. The fraction of sp³-hybridized carbons (Fsp3) is 0.947.